The van der Waals surface area contributed by atoms with E-state index in [1.54, 1.807) is 12.1 Å². The first-order chi connectivity index (χ1) is 7.60. The third-order valence-electron chi connectivity index (χ3n) is 2.19. The minimum atomic E-state index is -0.586. The molecule has 0 aromatic heterocycles. The van der Waals surface area contributed by atoms with E-state index in [0.29, 0.717) is 12.0 Å². The van der Waals surface area contributed by atoms with Gasteiger partial charge in [-0.3, -0.25) is 0 Å². The topological polar surface area (TPSA) is 66.8 Å². The molecule has 0 heterocycles. The smallest absolute Gasteiger partial charge is 0.330 e. The number of benzene rings is 1. The van der Waals surface area contributed by atoms with Gasteiger partial charge >= 0.3 is 5.97 Å². The van der Waals surface area contributed by atoms with E-state index in [0.717, 1.165) is 6.08 Å². The minimum absolute atomic E-state index is 0.231. The Morgan fingerprint density at radius 3 is 2.81 bits per heavy atom. The molecular weight excluding hydrogens is 208 g/mol. The van der Waals surface area contributed by atoms with Gasteiger partial charge in [0, 0.05) is 11.6 Å². The van der Waals surface area contributed by atoms with Crippen molar-refractivity contribution in [2.24, 2.45) is 0 Å². The van der Waals surface area contributed by atoms with E-state index in [4.69, 9.17) is 4.74 Å². The standard InChI is InChI=1S/C12H14O4/c1-3-10(16-11(14)4-2)8-6-5-7-9(13)12(8)15/h4-7,10,13,15H,2-3H2,1H3. The molecule has 0 fully saturated rings. The number of para-hydroxylation sites is 1. The number of phenolic OH excluding ortho intramolecular Hbond substituents is 2. The molecule has 0 saturated carbocycles. The Morgan fingerprint density at radius 2 is 2.25 bits per heavy atom. The van der Waals surface area contributed by atoms with Gasteiger partial charge in [0.05, 0.1) is 0 Å². The molecular formula is C12H14O4. The van der Waals surface area contributed by atoms with Crippen LogP contribution in [0.15, 0.2) is 30.9 Å². The van der Waals surface area contributed by atoms with Crippen LogP contribution in [0.25, 0.3) is 0 Å². The highest BCUT2D eigenvalue weighted by Gasteiger charge is 2.18. The lowest BCUT2D eigenvalue weighted by molar-refractivity contribution is -0.143. The number of rotatable bonds is 4. The van der Waals surface area contributed by atoms with Crippen LogP contribution in [0.5, 0.6) is 11.5 Å². The molecule has 1 aromatic rings. The Hall–Kier alpha value is -1.97. The molecule has 16 heavy (non-hydrogen) atoms. The van der Waals surface area contributed by atoms with Crippen LogP contribution >= 0.6 is 0 Å². The second-order valence-corrected chi connectivity index (χ2v) is 3.25. The van der Waals surface area contributed by atoms with Crippen molar-refractivity contribution in [3.8, 4) is 11.5 Å². The largest absolute Gasteiger partial charge is 0.504 e. The molecule has 1 unspecified atom stereocenters. The average Bonchev–Trinajstić information content (AvgIpc) is 2.29. The Morgan fingerprint density at radius 1 is 1.56 bits per heavy atom. The summed E-state index contributed by atoms with van der Waals surface area (Å²) in [6, 6.07) is 4.54. The van der Waals surface area contributed by atoms with E-state index in [1.807, 2.05) is 6.92 Å². The first-order valence-corrected chi connectivity index (χ1v) is 4.94. The number of carbonyl (C=O) groups excluding carboxylic acids is 1. The van der Waals surface area contributed by atoms with Crippen molar-refractivity contribution < 1.29 is 19.7 Å². The van der Waals surface area contributed by atoms with Gasteiger partial charge in [-0.15, -0.1) is 0 Å². The van der Waals surface area contributed by atoms with E-state index >= 15 is 0 Å². The first kappa shape index (κ1) is 12.1. The fraction of sp³-hybridized carbons (Fsp3) is 0.250. The van der Waals surface area contributed by atoms with E-state index in [2.05, 4.69) is 6.58 Å². The van der Waals surface area contributed by atoms with Gasteiger partial charge in [-0.25, -0.2) is 4.79 Å². The zero-order valence-electron chi connectivity index (χ0n) is 9.01. The number of phenols is 2. The van der Waals surface area contributed by atoms with Crippen LogP contribution in [0.3, 0.4) is 0 Å². The molecule has 1 rings (SSSR count). The van der Waals surface area contributed by atoms with E-state index < -0.39 is 12.1 Å². The fourth-order valence-electron chi connectivity index (χ4n) is 1.36. The summed E-state index contributed by atoms with van der Waals surface area (Å²) in [5.74, 6) is -1.05. The monoisotopic (exact) mass is 222 g/mol. The lowest BCUT2D eigenvalue weighted by Gasteiger charge is -2.17. The molecule has 2 N–H and O–H groups in total. The highest BCUT2D eigenvalue weighted by molar-refractivity contribution is 5.81. The maximum Gasteiger partial charge on any atom is 0.330 e. The Bertz CT molecular complexity index is 398. The van der Waals surface area contributed by atoms with Crippen LogP contribution < -0.4 is 0 Å². The molecule has 0 spiro atoms. The molecule has 86 valence electrons. The van der Waals surface area contributed by atoms with Gasteiger partial charge in [-0.1, -0.05) is 25.6 Å². The summed E-state index contributed by atoms with van der Waals surface area (Å²) < 4.78 is 5.04. The fourth-order valence-corrected chi connectivity index (χ4v) is 1.36. The van der Waals surface area contributed by atoms with Crippen molar-refractivity contribution in [3.05, 3.63) is 36.4 Å². The minimum Gasteiger partial charge on any atom is -0.504 e. The van der Waals surface area contributed by atoms with Crippen LogP contribution in [0.2, 0.25) is 0 Å². The zero-order chi connectivity index (χ0) is 12.1. The molecule has 0 radical (unpaired) electrons. The summed E-state index contributed by atoms with van der Waals surface area (Å²) in [6.45, 7) is 5.11. The highest BCUT2D eigenvalue weighted by Crippen LogP contribution is 2.35. The van der Waals surface area contributed by atoms with Gasteiger partial charge in [0.15, 0.2) is 11.5 Å². The Kier molecular flexibility index (Phi) is 3.94. The Balaban J connectivity index is 2.99. The van der Waals surface area contributed by atoms with Gasteiger partial charge in [0.25, 0.3) is 0 Å². The maximum absolute atomic E-state index is 11.1. The number of carbonyl (C=O) groups is 1. The SMILES string of the molecule is C=CC(=O)OC(CC)c1cccc(O)c1O. The summed E-state index contributed by atoms with van der Waals surface area (Å²) >= 11 is 0. The second kappa shape index (κ2) is 5.21. The summed E-state index contributed by atoms with van der Waals surface area (Å²) in [5.41, 5.74) is 0.387. The van der Waals surface area contributed by atoms with E-state index in [1.165, 1.54) is 6.07 Å². The zero-order valence-corrected chi connectivity index (χ0v) is 9.01. The average molecular weight is 222 g/mol. The summed E-state index contributed by atoms with van der Waals surface area (Å²) in [7, 11) is 0. The number of aromatic hydroxyl groups is 2. The van der Waals surface area contributed by atoms with Crippen molar-refractivity contribution in [1.29, 1.82) is 0 Å². The maximum atomic E-state index is 11.1. The normalized spacial score (nSPS) is 11.8. The molecule has 1 atom stereocenters. The van der Waals surface area contributed by atoms with E-state index in [9.17, 15) is 15.0 Å². The van der Waals surface area contributed by atoms with Crippen molar-refractivity contribution in [2.75, 3.05) is 0 Å². The van der Waals surface area contributed by atoms with Gasteiger partial charge in [-0.05, 0) is 12.5 Å². The number of ether oxygens (including phenoxy) is 1. The van der Waals surface area contributed by atoms with Crippen LogP contribution in [-0.2, 0) is 9.53 Å². The van der Waals surface area contributed by atoms with Gasteiger partial charge in [0.2, 0.25) is 0 Å². The summed E-state index contributed by atoms with van der Waals surface area (Å²) in [6.07, 6.45) is 0.969. The van der Waals surface area contributed by atoms with Gasteiger partial charge in [0.1, 0.15) is 6.10 Å². The first-order valence-electron chi connectivity index (χ1n) is 4.94. The quantitative estimate of drug-likeness (QED) is 0.466. The van der Waals surface area contributed by atoms with Crippen LogP contribution in [0.4, 0.5) is 0 Å². The van der Waals surface area contributed by atoms with E-state index in [-0.39, 0.29) is 11.5 Å². The molecule has 0 amide bonds. The molecule has 0 aliphatic rings. The third-order valence-corrected chi connectivity index (χ3v) is 2.19. The molecule has 4 nitrogen and oxygen atoms in total. The van der Waals surface area contributed by atoms with Crippen LogP contribution in [-0.4, -0.2) is 16.2 Å². The molecule has 0 aliphatic heterocycles. The molecule has 0 bridgehead atoms. The van der Waals surface area contributed by atoms with Crippen LogP contribution in [0, 0.1) is 0 Å². The molecule has 0 aliphatic carbocycles. The number of esters is 1. The second-order valence-electron chi connectivity index (χ2n) is 3.25. The number of hydrogen-bond acceptors (Lipinski definition) is 4. The van der Waals surface area contributed by atoms with Crippen molar-refractivity contribution >= 4 is 5.97 Å². The summed E-state index contributed by atoms with van der Waals surface area (Å²) in [5, 5.41) is 18.9. The molecule has 1 aromatic carbocycles. The highest BCUT2D eigenvalue weighted by atomic mass is 16.5. The van der Waals surface area contributed by atoms with Crippen molar-refractivity contribution in [1.82, 2.24) is 0 Å². The third kappa shape index (κ3) is 2.53. The molecule has 0 saturated heterocycles. The lowest BCUT2D eigenvalue weighted by atomic mass is 10.1. The van der Waals surface area contributed by atoms with Crippen molar-refractivity contribution in [2.45, 2.75) is 19.4 Å². The predicted octanol–water partition coefficient (Wildman–Crippen LogP) is 2.28. The van der Waals surface area contributed by atoms with Gasteiger partial charge in [-0.2, -0.15) is 0 Å². The lowest BCUT2D eigenvalue weighted by Crippen LogP contribution is -2.08. The van der Waals surface area contributed by atoms with Crippen LogP contribution in [0.1, 0.15) is 25.0 Å². The van der Waals surface area contributed by atoms with Crippen molar-refractivity contribution in [3.63, 3.8) is 0 Å². The summed E-state index contributed by atoms with van der Waals surface area (Å²) in [4.78, 5) is 11.1. The Labute approximate surface area is 93.8 Å². The number of hydrogen-bond donors (Lipinski definition) is 2. The molecule has 4 heteroatoms. The van der Waals surface area contributed by atoms with Gasteiger partial charge < -0.3 is 14.9 Å². The predicted molar refractivity (Wildman–Crippen MR) is 59.1 cm³/mol.